The van der Waals surface area contributed by atoms with Crippen molar-refractivity contribution in [2.75, 3.05) is 6.61 Å². The van der Waals surface area contributed by atoms with Crippen molar-refractivity contribution in [2.45, 2.75) is 32.4 Å². The maximum atomic E-state index is 13.4. The molecule has 0 aliphatic rings. The van der Waals surface area contributed by atoms with Crippen LogP contribution in [0.2, 0.25) is 0 Å². The van der Waals surface area contributed by atoms with Gasteiger partial charge in [-0.2, -0.15) is 4.39 Å². The van der Waals surface area contributed by atoms with E-state index in [1.807, 2.05) is 13.8 Å². The average molecular weight is 300 g/mol. The van der Waals surface area contributed by atoms with Gasteiger partial charge in [-0.05, 0) is 6.07 Å². The molecule has 0 spiro atoms. The number of aliphatic carboxylic acids is 1. The van der Waals surface area contributed by atoms with E-state index >= 15 is 0 Å². The number of nitrogens with zero attached hydrogens (tertiary/aromatic N) is 1. The molecule has 8 heteroatoms. The van der Waals surface area contributed by atoms with Crippen molar-refractivity contribution in [1.82, 2.24) is 5.32 Å². The second-order valence-corrected chi connectivity index (χ2v) is 4.72. The minimum atomic E-state index is -0.998. The van der Waals surface area contributed by atoms with Crippen molar-refractivity contribution >= 4 is 11.7 Å². The molecule has 0 aliphatic heterocycles. The Balaban J connectivity index is 2.57. The number of hydrogen-bond acceptors (Lipinski definition) is 5. The van der Waals surface area contributed by atoms with Crippen LogP contribution in [0.1, 0.15) is 20.3 Å². The van der Waals surface area contributed by atoms with Gasteiger partial charge in [-0.15, -0.1) is 0 Å². The molecule has 0 amide bonds. The van der Waals surface area contributed by atoms with E-state index in [9.17, 15) is 19.3 Å². The third-order valence-corrected chi connectivity index (χ3v) is 2.62. The number of carboxylic acids is 1. The molecule has 1 unspecified atom stereocenters. The molecule has 0 fully saturated rings. The van der Waals surface area contributed by atoms with E-state index in [2.05, 4.69) is 5.32 Å². The number of nitro benzene ring substituents is 1. The first-order valence-electron chi connectivity index (χ1n) is 6.37. The lowest BCUT2D eigenvalue weighted by Gasteiger charge is -2.17. The minimum absolute atomic E-state index is 0.00270. The van der Waals surface area contributed by atoms with Gasteiger partial charge in [0, 0.05) is 24.6 Å². The molecule has 2 N–H and O–H groups in total. The van der Waals surface area contributed by atoms with Crippen LogP contribution in [-0.4, -0.2) is 34.7 Å². The van der Waals surface area contributed by atoms with Crippen molar-refractivity contribution in [2.24, 2.45) is 0 Å². The van der Waals surface area contributed by atoms with E-state index in [0.717, 1.165) is 12.1 Å². The van der Waals surface area contributed by atoms with Crippen LogP contribution in [0, 0.1) is 15.9 Å². The van der Waals surface area contributed by atoms with Crippen LogP contribution >= 0.6 is 0 Å². The normalized spacial score (nSPS) is 12.2. The molecule has 1 aromatic rings. The Labute approximate surface area is 120 Å². The smallest absolute Gasteiger partial charge is 0.320 e. The zero-order valence-electron chi connectivity index (χ0n) is 11.7. The van der Waals surface area contributed by atoms with Gasteiger partial charge >= 0.3 is 11.7 Å². The summed E-state index contributed by atoms with van der Waals surface area (Å²) in [5.41, 5.74) is -0.632. The monoisotopic (exact) mass is 300 g/mol. The largest absolute Gasteiger partial charge is 0.493 e. The lowest BCUT2D eigenvalue weighted by molar-refractivity contribution is -0.387. The van der Waals surface area contributed by atoms with Gasteiger partial charge in [0.15, 0.2) is 0 Å². The summed E-state index contributed by atoms with van der Waals surface area (Å²) < 4.78 is 18.6. The summed E-state index contributed by atoms with van der Waals surface area (Å²) in [5, 5.41) is 22.3. The highest BCUT2D eigenvalue weighted by Gasteiger charge is 2.18. The number of hydrogen-bond donors (Lipinski definition) is 2. The maximum absolute atomic E-state index is 13.4. The molecule has 0 bridgehead atoms. The van der Waals surface area contributed by atoms with Crippen molar-refractivity contribution < 1.29 is 24.0 Å². The molecule has 21 heavy (non-hydrogen) atoms. The molecule has 0 saturated carbocycles. The van der Waals surface area contributed by atoms with Crippen LogP contribution in [0.5, 0.6) is 5.75 Å². The zero-order valence-corrected chi connectivity index (χ0v) is 11.7. The van der Waals surface area contributed by atoms with Gasteiger partial charge < -0.3 is 15.2 Å². The Morgan fingerprint density at radius 3 is 2.67 bits per heavy atom. The Kier molecular flexibility index (Phi) is 6.04. The molecule has 1 atom stereocenters. The quantitative estimate of drug-likeness (QED) is 0.562. The summed E-state index contributed by atoms with van der Waals surface area (Å²) in [5.74, 6) is -1.87. The number of nitrogens with one attached hydrogen (secondary N) is 1. The first kappa shape index (κ1) is 16.8. The number of ether oxygens (including phenoxy) is 1. The summed E-state index contributed by atoms with van der Waals surface area (Å²) in [6.07, 6.45) is 0.187. The lowest BCUT2D eigenvalue weighted by atomic mass is 10.2. The van der Waals surface area contributed by atoms with Crippen LogP contribution in [0.3, 0.4) is 0 Å². The maximum Gasteiger partial charge on any atom is 0.320 e. The van der Waals surface area contributed by atoms with Gasteiger partial charge in [0.05, 0.1) is 11.5 Å². The Morgan fingerprint density at radius 1 is 1.52 bits per heavy atom. The summed E-state index contributed by atoms with van der Waals surface area (Å²) in [6.45, 7) is 3.69. The van der Waals surface area contributed by atoms with E-state index in [1.54, 1.807) is 0 Å². The fraction of sp³-hybridized carbons (Fsp3) is 0.462. The Morgan fingerprint density at radius 2 is 2.19 bits per heavy atom. The number of benzene rings is 1. The van der Waals surface area contributed by atoms with E-state index in [-0.39, 0.29) is 24.8 Å². The number of carboxylic acid groups (broad SMARTS) is 1. The fourth-order valence-electron chi connectivity index (χ4n) is 1.70. The SMILES string of the molecule is CC(C)NC(CCOc1ccc([N+](=O)[O-])c(F)c1)C(=O)O. The molecule has 0 heterocycles. The van der Waals surface area contributed by atoms with Gasteiger partial charge in [-0.25, -0.2) is 0 Å². The molecule has 0 aliphatic carbocycles. The first-order valence-corrected chi connectivity index (χ1v) is 6.37. The standard InChI is InChI=1S/C13H17FN2O5/c1-8(2)15-11(13(17)18)5-6-21-9-3-4-12(16(19)20)10(14)7-9/h3-4,7-8,11,15H,5-6H2,1-2H3,(H,17,18). The molecular weight excluding hydrogens is 283 g/mol. The highest BCUT2D eigenvalue weighted by molar-refractivity contribution is 5.73. The molecule has 1 rings (SSSR count). The van der Waals surface area contributed by atoms with E-state index < -0.39 is 28.4 Å². The van der Waals surface area contributed by atoms with Crippen LogP contribution in [0.25, 0.3) is 0 Å². The van der Waals surface area contributed by atoms with Crippen LogP contribution in [0.4, 0.5) is 10.1 Å². The number of rotatable bonds is 8. The second kappa shape index (κ2) is 7.53. The molecule has 0 aromatic heterocycles. The molecule has 1 aromatic carbocycles. The van der Waals surface area contributed by atoms with Crippen LogP contribution < -0.4 is 10.1 Å². The summed E-state index contributed by atoms with van der Waals surface area (Å²) in [6, 6.07) is 2.42. The zero-order chi connectivity index (χ0) is 16.0. The fourth-order valence-corrected chi connectivity index (χ4v) is 1.70. The average Bonchev–Trinajstić information content (AvgIpc) is 2.36. The number of halogens is 1. The highest BCUT2D eigenvalue weighted by atomic mass is 19.1. The Hall–Kier alpha value is -2.22. The second-order valence-electron chi connectivity index (χ2n) is 4.72. The van der Waals surface area contributed by atoms with E-state index in [0.29, 0.717) is 0 Å². The molecule has 0 saturated heterocycles. The van der Waals surface area contributed by atoms with Crippen molar-refractivity contribution in [3.63, 3.8) is 0 Å². The highest BCUT2D eigenvalue weighted by Crippen LogP contribution is 2.22. The van der Waals surface area contributed by atoms with Gasteiger partial charge in [0.2, 0.25) is 5.82 Å². The first-order chi connectivity index (χ1) is 9.81. The lowest BCUT2D eigenvalue weighted by Crippen LogP contribution is -2.41. The van der Waals surface area contributed by atoms with E-state index in [1.165, 1.54) is 6.07 Å². The van der Waals surface area contributed by atoms with Crippen molar-refractivity contribution in [3.8, 4) is 5.75 Å². The van der Waals surface area contributed by atoms with Gasteiger partial charge in [0.25, 0.3) is 0 Å². The van der Waals surface area contributed by atoms with Crippen molar-refractivity contribution in [3.05, 3.63) is 34.1 Å². The predicted octanol–water partition coefficient (Wildman–Crippen LogP) is 1.95. The minimum Gasteiger partial charge on any atom is -0.493 e. The summed E-state index contributed by atoms with van der Waals surface area (Å²) >= 11 is 0. The van der Waals surface area contributed by atoms with E-state index in [4.69, 9.17) is 9.84 Å². The predicted molar refractivity (Wildman–Crippen MR) is 72.9 cm³/mol. The summed E-state index contributed by atoms with van der Waals surface area (Å²) in [4.78, 5) is 20.6. The number of carbonyl (C=O) groups is 1. The number of nitro groups is 1. The molecule has 116 valence electrons. The molecular formula is C13H17FN2O5. The van der Waals surface area contributed by atoms with Gasteiger partial charge in [-0.3, -0.25) is 14.9 Å². The Bertz CT molecular complexity index is 521. The third-order valence-electron chi connectivity index (χ3n) is 2.62. The molecule has 0 radical (unpaired) electrons. The molecule has 7 nitrogen and oxygen atoms in total. The van der Waals surface area contributed by atoms with Crippen LogP contribution in [-0.2, 0) is 4.79 Å². The van der Waals surface area contributed by atoms with Gasteiger partial charge in [0.1, 0.15) is 11.8 Å². The van der Waals surface area contributed by atoms with Crippen molar-refractivity contribution in [1.29, 1.82) is 0 Å². The topological polar surface area (TPSA) is 102 Å². The summed E-state index contributed by atoms with van der Waals surface area (Å²) in [7, 11) is 0. The third kappa shape index (κ3) is 5.35. The van der Waals surface area contributed by atoms with Gasteiger partial charge in [-0.1, -0.05) is 13.8 Å². The van der Waals surface area contributed by atoms with Crippen LogP contribution in [0.15, 0.2) is 18.2 Å².